The van der Waals surface area contributed by atoms with Crippen molar-refractivity contribution in [1.82, 2.24) is 5.32 Å². The number of hydrogen-bond acceptors (Lipinski definition) is 3. The van der Waals surface area contributed by atoms with Crippen LogP contribution in [0.5, 0.6) is 0 Å². The molecule has 0 bridgehead atoms. The van der Waals surface area contributed by atoms with Crippen molar-refractivity contribution in [3.05, 3.63) is 47.7 Å². The van der Waals surface area contributed by atoms with Crippen molar-refractivity contribution >= 4 is 6.41 Å². The second-order valence-electron chi connectivity index (χ2n) is 5.07. The van der Waals surface area contributed by atoms with Crippen molar-refractivity contribution in [3.8, 4) is 0 Å². The minimum atomic E-state index is -0.710. The smallest absolute Gasteiger partial charge is 0.269 e. The molecule has 0 aliphatic carbocycles. The van der Waals surface area contributed by atoms with E-state index in [1.54, 1.807) is 6.07 Å². The van der Waals surface area contributed by atoms with Gasteiger partial charge in [0.1, 0.15) is 18.3 Å². The number of carbonyl (C=O) groups is 1. The summed E-state index contributed by atoms with van der Waals surface area (Å²) >= 11 is 0. The Labute approximate surface area is 117 Å². The minimum absolute atomic E-state index is 0.0154. The molecule has 1 N–H and O–H groups in total. The molecule has 1 aliphatic heterocycles. The van der Waals surface area contributed by atoms with Crippen molar-refractivity contribution in [2.45, 2.75) is 32.6 Å². The van der Waals surface area contributed by atoms with E-state index in [0.717, 1.165) is 5.56 Å². The first kappa shape index (κ1) is 14.4. The highest BCUT2D eigenvalue weighted by atomic mass is 19.1. The molecule has 1 heterocycles. The lowest BCUT2D eigenvalue weighted by atomic mass is 9.96. The fourth-order valence-electron chi connectivity index (χ4n) is 2.10. The summed E-state index contributed by atoms with van der Waals surface area (Å²) in [6, 6.07) is 4.92. The first-order chi connectivity index (χ1) is 9.61. The van der Waals surface area contributed by atoms with Gasteiger partial charge >= 0.3 is 0 Å². The summed E-state index contributed by atoms with van der Waals surface area (Å²) in [6.07, 6.45) is 3.33. The Hall–Kier alpha value is -2.04. The molecule has 4 nitrogen and oxygen atoms in total. The lowest BCUT2D eigenvalue weighted by Crippen LogP contribution is -2.34. The van der Waals surface area contributed by atoms with Gasteiger partial charge in [-0.25, -0.2) is 4.39 Å². The number of benzene rings is 1. The summed E-state index contributed by atoms with van der Waals surface area (Å²) in [6.45, 7) is 4.02. The third-order valence-electron chi connectivity index (χ3n) is 3.32. The molecule has 2 rings (SSSR count). The monoisotopic (exact) mass is 279 g/mol. The highest BCUT2D eigenvalue weighted by Crippen LogP contribution is 2.27. The first-order valence-electron chi connectivity index (χ1n) is 6.55. The Morgan fingerprint density at radius 2 is 2.05 bits per heavy atom. The van der Waals surface area contributed by atoms with Crippen molar-refractivity contribution in [1.29, 1.82) is 0 Å². The molecule has 0 saturated carbocycles. The summed E-state index contributed by atoms with van der Waals surface area (Å²) < 4.78 is 24.3. The number of hydrogen-bond donors (Lipinski definition) is 1. The van der Waals surface area contributed by atoms with Gasteiger partial charge in [0.05, 0.1) is 5.56 Å². The van der Waals surface area contributed by atoms with E-state index < -0.39 is 6.29 Å². The maximum absolute atomic E-state index is 14.1. The van der Waals surface area contributed by atoms with Crippen molar-refractivity contribution in [2.24, 2.45) is 5.92 Å². The average Bonchev–Trinajstić information content (AvgIpc) is 2.92. The van der Waals surface area contributed by atoms with Gasteiger partial charge in [-0.1, -0.05) is 19.9 Å². The summed E-state index contributed by atoms with van der Waals surface area (Å²) in [5.41, 5.74) is 1.19. The molecule has 5 heteroatoms. The molecule has 0 saturated heterocycles. The van der Waals surface area contributed by atoms with Gasteiger partial charge in [0, 0.05) is 6.04 Å². The van der Waals surface area contributed by atoms with Gasteiger partial charge in [-0.2, -0.15) is 0 Å². The normalized spacial score (nSPS) is 15.8. The molecule has 0 fully saturated rings. The standard InChI is InChI=1S/C15H18FNO3/c1-10(2)14(17-9-18)8-11-3-4-12(13(16)7-11)15-19-5-6-20-15/h3-7,9-10,14-15H,8H2,1-2H3,(H,17,18). The van der Waals surface area contributed by atoms with Gasteiger partial charge in [0.15, 0.2) is 0 Å². The quantitative estimate of drug-likeness (QED) is 0.814. The SMILES string of the molecule is CC(C)C(Cc1ccc(C2OC=CO2)c(F)c1)NC=O. The van der Waals surface area contributed by atoms with E-state index in [1.165, 1.54) is 18.6 Å². The zero-order valence-corrected chi connectivity index (χ0v) is 11.5. The zero-order chi connectivity index (χ0) is 14.5. The molecule has 108 valence electrons. The van der Waals surface area contributed by atoms with Crippen LogP contribution in [0, 0.1) is 11.7 Å². The van der Waals surface area contributed by atoms with Gasteiger partial charge < -0.3 is 14.8 Å². The van der Waals surface area contributed by atoms with Crippen LogP contribution in [0.1, 0.15) is 31.3 Å². The van der Waals surface area contributed by atoms with Crippen molar-refractivity contribution in [2.75, 3.05) is 0 Å². The zero-order valence-electron chi connectivity index (χ0n) is 11.5. The largest absolute Gasteiger partial charge is 0.455 e. The van der Waals surface area contributed by atoms with Crippen molar-refractivity contribution < 1.29 is 18.7 Å². The Kier molecular flexibility index (Phi) is 4.61. The second-order valence-corrected chi connectivity index (χ2v) is 5.07. The number of rotatable bonds is 6. The maximum atomic E-state index is 14.1. The third kappa shape index (κ3) is 3.29. The fraction of sp³-hybridized carbons (Fsp3) is 0.400. The lowest BCUT2D eigenvalue weighted by Gasteiger charge is -2.20. The number of nitrogens with one attached hydrogen (secondary N) is 1. The molecule has 1 aromatic rings. The molecular weight excluding hydrogens is 261 g/mol. The highest BCUT2D eigenvalue weighted by molar-refractivity contribution is 5.47. The van der Waals surface area contributed by atoms with Gasteiger partial charge in [-0.3, -0.25) is 4.79 Å². The van der Waals surface area contributed by atoms with Crippen LogP contribution in [0.25, 0.3) is 0 Å². The molecule has 1 aromatic carbocycles. The highest BCUT2D eigenvalue weighted by Gasteiger charge is 2.21. The van der Waals surface area contributed by atoms with E-state index in [1.807, 2.05) is 19.9 Å². The molecule has 20 heavy (non-hydrogen) atoms. The molecule has 1 aliphatic rings. The Morgan fingerprint density at radius 1 is 1.35 bits per heavy atom. The first-order valence-corrected chi connectivity index (χ1v) is 6.55. The summed E-state index contributed by atoms with van der Waals surface area (Å²) in [5, 5.41) is 2.76. The van der Waals surface area contributed by atoms with Crippen LogP contribution < -0.4 is 5.32 Å². The molecule has 0 radical (unpaired) electrons. The molecule has 1 atom stereocenters. The van der Waals surface area contributed by atoms with Crippen LogP contribution in [-0.4, -0.2) is 12.5 Å². The van der Waals surface area contributed by atoms with Gasteiger partial charge in [0.25, 0.3) is 6.29 Å². The fourth-order valence-corrected chi connectivity index (χ4v) is 2.10. The Morgan fingerprint density at radius 3 is 2.60 bits per heavy atom. The number of ether oxygens (including phenoxy) is 2. The Balaban J connectivity index is 2.09. The number of carbonyl (C=O) groups excluding carboxylic acids is 1. The topological polar surface area (TPSA) is 47.6 Å². The van der Waals surface area contributed by atoms with Crippen LogP contribution in [0.2, 0.25) is 0 Å². The second kappa shape index (κ2) is 6.41. The maximum Gasteiger partial charge on any atom is 0.269 e. The Bertz CT molecular complexity index is 494. The molecular formula is C15H18FNO3. The van der Waals surface area contributed by atoms with Gasteiger partial charge in [-0.15, -0.1) is 0 Å². The van der Waals surface area contributed by atoms with E-state index >= 15 is 0 Å². The van der Waals surface area contributed by atoms with E-state index in [4.69, 9.17) is 9.47 Å². The summed E-state index contributed by atoms with van der Waals surface area (Å²) in [4.78, 5) is 10.6. The van der Waals surface area contributed by atoms with Crippen LogP contribution in [0.3, 0.4) is 0 Å². The molecule has 1 unspecified atom stereocenters. The van der Waals surface area contributed by atoms with Gasteiger partial charge in [0.2, 0.25) is 6.41 Å². The lowest BCUT2D eigenvalue weighted by molar-refractivity contribution is -0.110. The number of halogens is 1. The van der Waals surface area contributed by atoms with E-state index in [0.29, 0.717) is 18.4 Å². The van der Waals surface area contributed by atoms with E-state index in [2.05, 4.69) is 5.32 Å². The predicted octanol–water partition coefficient (Wildman–Crippen LogP) is 2.66. The van der Waals surface area contributed by atoms with Crippen LogP contribution in [0.4, 0.5) is 4.39 Å². The summed E-state index contributed by atoms with van der Waals surface area (Å²) in [7, 11) is 0. The molecule has 0 spiro atoms. The number of amides is 1. The van der Waals surface area contributed by atoms with E-state index in [9.17, 15) is 9.18 Å². The van der Waals surface area contributed by atoms with Gasteiger partial charge in [-0.05, 0) is 30.0 Å². The van der Waals surface area contributed by atoms with Crippen LogP contribution in [-0.2, 0) is 20.7 Å². The minimum Gasteiger partial charge on any atom is -0.455 e. The van der Waals surface area contributed by atoms with Crippen molar-refractivity contribution in [3.63, 3.8) is 0 Å². The van der Waals surface area contributed by atoms with E-state index in [-0.39, 0.29) is 17.8 Å². The summed E-state index contributed by atoms with van der Waals surface area (Å²) in [5.74, 6) is -0.0987. The third-order valence-corrected chi connectivity index (χ3v) is 3.32. The molecule has 0 aromatic heterocycles. The van der Waals surface area contributed by atoms with Crippen LogP contribution in [0.15, 0.2) is 30.7 Å². The average molecular weight is 279 g/mol. The predicted molar refractivity (Wildman–Crippen MR) is 72.0 cm³/mol. The van der Waals surface area contributed by atoms with Crippen LogP contribution >= 0.6 is 0 Å². The molecule has 1 amide bonds.